The summed E-state index contributed by atoms with van der Waals surface area (Å²) in [6.45, 7) is -0.266. The lowest BCUT2D eigenvalue weighted by Gasteiger charge is -2.70. The van der Waals surface area contributed by atoms with Gasteiger partial charge in [-0.05, 0) is 31.4 Å². The summed E-state index contributed by atoms with van der Waals surface area (Å²) in [7, 11) is 1.08. The highest BCUT2D eigenvalue weighted by Crippen LogP contribution is 2.65. The molecule has 4 saturated carbocycles. The molecule has 0 saturated heterocycles. The Morgan fingerprint density at radius 1 is 1.11 bits per heavy atom. The van der Waals surface area contributed by atoms with Gasteiger partial charge in [0.1, 0.15) is 6.61 Å². The zero-order valence-corrected chi connectivity index (χ0v) is 20.0. The first-order valence-electron chi connectivity index (χ1n) is 11.7. The third-order valence-corrected chi connectivity index (χ3v) is 7.37. The van der Waals surface area contributed by atoms with Gasteiger partial charge in [-0.2, -0.15) is 13.2 Å². The number of nitrogens with zero attached hydrogens (tertiary/aromatic N) is 2. The fourth-order valence-electron chi connectivity index (χ4n) is 5.55. The van der Waals surface area contributed by atoms with Gasteiger partial charge in [-0.15, -0.1) is 13.2 Å². The van der Waals surface area contributed by atoms with Crippen molar-refractivity contribution in [3.05, 3.63) is 41.9 Å². The normalized spacial score (nSPS) is 28.1. The van der Waals surface area contributed by atoms with Crippen molar-refractivity contribution in [3.8, 4) is 11.3 Å². The minimum absolute atomic E-state index is 0.0701. The molecule has 1 N–H and O–H groups in total. The summed E-state index contributed by atoms with van der Waals surface area (Å²) < 4.78 is 91.7. The molecule has 4 aliphatic carbocycles. The van der Waals surface area contributed by atoms with Gasteiger partial charge < -0.3 is 19.4 Å². The second-order valence-electron chi connectivity index (χ2n) is 10.1. The van der Waals surface area contributed by atoms with E-state index in [0.29, 0.717) is 25.0 Å². The number of amides is 1. The average Bonchev–Trinajstić information content (AvgIpc) is 3.24. The molecule has 4 aliphatic rings. The number of carbonyl (C=O) groups excluding carboxylic acids is 2. The van der Waals surface area contributed by atoms with E-state index >= 15 is 0 Å². The summed E-state index contributed by atoms with van der Waals surface area (Å²) in [5.41, 5.74) is -1.45. The number of hydrogen-bond acceptors (Lipinski definition) is 6. The van der Waals surface area contributed by atoms with Crippen LogP contribution in [0.4, 0.5) is 26.3 Å². The Balaban J connectivity index is 1.15. The lowest BCUT2D eigenvalue weighted by molar-refractivity contribution is -0.357. The highest BCUT2D eigenvalue weighted by molar-refractivity contribution is 5.97. The molecule has 6 rings (SSSR count). The number of ether oxygens (including phenoxy) is 3. The quantitative estimate of drug-likeness (QED) is 0.394. The van der Waals surface area contributed by atoms with Crippen molar-refractivity contribution in [2.45, 2.75) is 67.9 Å². The van der Waals surface area contributed by atoms with Crippen LogP contribution in [0.1, 0.15) is 48.0 Å². The van der Waals surface area contributed by atoms with Crippen molar-refractivity contribution < 1.29 is 50.1 Å². The zero-order chi connectivity index (χ0) is 27.5. The number of alkyl halides is 6. The monoisotopic (exact) mass is 547 g/mol. The average molecular weight is 547 g/mol. The van der Waals surface area contributed by atoms with Gasteiger partial charge in [0.25, 0.3) is 0 Å². The van der Waals surface area contributed by atoms with Crippen molar-refractivity contribution in [3.63, 3.8) is 0 Å². The number of imidazole rings is 1. The number of rotatable bonds is 8. The van der Waals surface area contributed by atoms with Crippen LogP contribution in [0.5, 0.6) is 0 Å². The summed E-state index contributed by atoms with van der Waals surface area (Å²) in [4.78, 5) is 28.8. The second kappa shape index (κ2) is 8.97. The highest BCUT2D eigenvalue weighted by atomic mass is 19.4. The van der Waals surface area contributed by atoms with Crippen molar-refractivity contribution in [1.82, 2.24) is 14.9 Å². The number of benzene rings is 1. The molecule has 0 radical (unpaired) electrons. The minimum Gasteiger partial charge on any atom is -0.465 e. The molecule has 1 amide bonds. The molecule has 0 aliphatic heterocycles. The SMILES string of the molecule is COC(=O)c1cc(C(F)(F)F)ccc1-c1cn(C23CC(NC(=O)CO[C@H]4C[C@@H](OC(F)(F)F)C4)(C2)C3)cn1. The standard InChI is InChI=1S/C24H23F6N3O5/c1-36-20(35)17-4-13(23(25,26)27)2-3-16(17)18-7-33(12-31-18)22-9-21(10-22,11-22)32-19(34)8-37-14-5-15(6-14)38-24(28,29)30/h2-4,7,12,14-15H,5-6,8-11H2,1H3,(H,32,34)/t14-,15+,21?,22?. The van der Waals surface area contributed by atoms with Gasteiger partial charge in [0.15, 0.2) is 0 Å². The lowest BCUT2D eigenvalue weighted by Crippen LogP contribution is -2.78. The Hall–Kier alpha value is -3.13. The topological polar surface area (TPSA) is 91.7 Å². The van der Waals surface area contributed by atoms with Gasteiger partial charge in [0.05, 0.1) is 48.0 Å². The smallest absolute Gasteiger partial charge is 0.465 e. The van der Waals surface area contributed by atoms with Gasteiger partial charge in [-0.25, -0.2) is 9.78 Å². The fourth-order valence-corrected chi connectivity index (χ4v) is 5.55. The Labute approximate surface area is 212 Å². The van der Waals surface area contributed by atoms with Gasteiger partial charge in [0, 0.05) is 30.1 Å². The van der Waals surface area contributed by atoms with Crippen LogP contribution in [0.3, 0.4) is 0 Å². The predicted octanol–water partition coefficient (Wildman–Crippen LogP) is 4.19. The first-order chi connectivity index (χ1) is 17.7. The van der Waals surface area contributed by atoms with Crippen LogP contribution in [0.2, 0.25) is 0 Å². The molecule has 0 unspecified atom stereocenters. The molecular formula is C24H23F6N3O5. The van der Waals surface area contributed by atoms with Crippen molar-refractivity contribution in [2.24, 2.45) is 0 Å². The first-order valence-corrected chi connectivity index (χ1v) is 11.7. The van der Waals surface area contributed by atoms with Crippen LogP contribution in [-0.4, -0.2) is 59.3 Å². The van der Waals surface area contributed by atoms with E-state index in [-0.39, 0.29) is 42.0 Å². The van der Waals surface area contributed by atoms with Crippen molar-refractivity contribution in [1.29, 1.82) is 0 Å². The van der Waals surface area contributed by atoms with Crippen LogP contribution in [0.15, 0.2) is 30.7 Å². The molecule has 4 fully saturated rings. The van der Waals surface area contributed by atoms with E-state index in [1.54, 1.807) is 6.20 Å². The molecule has 2 bridgehead atoms. The number of hydrogen-bond donors (Lipinski definition) is 1. The van der Waals surface area contributed by atoms with E-state index in [4.69, 9.17) is 4.74 Å². The Morgan fingerprint density at radius 2 is 1.79 bits per heavy atom. The molecule has 0 spiro atoms. The van der Waals surface area contributed by atoms with Crippen LogP contribution < -0.4 is 5.32 Å². The van der Waals surface area contributed by atoms with E-state index in [0.717, 1.165) is 19.2 Å². The maximum atomic E-state index is 13.1. The maximum Gasteiger partial charge on any atom is 0.522 e. The van der Waals surface area contributed by atoms with Gasteiger partial charge in [-0.1, -0.05) is 6.07 Å². The summed E-state index contributed by atoms with van der Waals surface area (Å²) in [6.07, 6.45) is -5.60. The molecule has 0 atom stereocenters. The van der Waals surface area contributed by atoms with E-state index in [1.165, 1.54) is 12.4 Å². The van der Waals surface area contributed by atoms with Crippen LogP contribution in [-0.2, 0) is 30.7 Å². The fraction of sp³-hybridized carbons (Fsp3) is 0.542. The zero-order valence-electron chi connectivity index (χ0n) is 20.0. The Bertz CT molecular complexity index is 1230. The number of esters is 1. The molecule has 8 nitrogen and oxygen atoms in total. The van der Waals surface area contributed by atoms with E-state index in [1.807, 2.05) is 4.57 Å². The number of aromatic nitrogens is 2. The third-order valence-electron chi connectivity index (χ3n) is 7.37. The molecule has 1 aromatic carbocycles. The minimum atomic E-state index is -4.69. The molecule has 14 heteroatoms. The molecule has 1 aromatic heterocycles. The molecule has 1 heterocycles. The number of halogens is 6. The maximum absolute atomic E-state index is 13.1. The first kappa shape index (κ1) is 26.5. The molecule has 206 valence electrons. The largest absolute Gasteiger partial charge is 0.522 e. The second-order valence-corrected chi connectivity index (χ2v) is 10.1. The van der Waals surface area contributed by atoms with Crippen molar-refractivity contribution >= 4 is 11.9 Å². The van der Waals surface area contributed by atoms with Gasteiger partial charge in [0.2, 0.25) is 5.91 Å². The lowest BCUT2D eigenvalue weighted by atomic mass is 9.44. The van der Waals surface area contributed by atoms with Gasteiger partial charge >= 0.3 is 18.5 Å². The predicted molar refractivity (Wildman–Crippen MR) is 117 cm³/mol. The van der Waals surface area contributed by atoms with Crippen LogP contribution >= 0.6 is 0 Å². The van der Waals surface area contributed by atoms with Gasteiger partial charge in [-0.3, -0.25) is 9.53 Å². The van der Waals surface area contributed by atoms with Crippen molar-refractivity contribution in [2.75, 3.05) is 13.7 Å². The summed E-state index contributed by atoms with van der Waals surface area (Å²) in [5, 5.41) is 2.92. The number of methoxy groups -OCH3 is 1. The number of nitrogens with one attached hydrogen (secondary N) is 1. The molecular weight excluding hydrogens is 524 g/mol. The molecule has 2 aromatic rings. The highest BCUT2D eigenvalue weighted by Gasteiger charge is 2.69. The summed E-state index contributed by atoms with van der Waals surface area (Å²) in [5.74, 6) is -1.28. The van der Waals surface area contributed by atoms with E-state index in [2.05, 4.69) is 19.8 Å². The molecule has 38 heavy (non-hydrogen) atoms. The van der Waals surface area contributed by atoms with Crippen LogP contribution in [0, 0.1) is 0 Å². The Morgan fingerprint density at radius 3 is 2.39 bits per heavy atom. The van der Waals surface area contributed by atoms with E-state index < -0.39 is 41.8 Å². The third kappa shape index (κ3) is 4.98. The van der Waals surface area contributed by atoms with E-state index in [9.17, 15) is 35.9 Å². The summed E-state index contributed by atoms with van der Waals surface area (Å²) >= 11 is 0. The number of carbonyl (C=O) groups is 2. The summed E-state index contributed by atoms with van der Waals surface area (Å²) in [6, 6.07) is 2.80. The van der Waals surface area contributed by atoms with Crippen LogP contribution in [0.25, 0.3) is 11.3 Å². The Kier molecular flexibility index (Phi) is 6.25.